The predicted molar refractivity (Wildman–Crippen MR) is 66.2 cm³/mol. The largest absolute Gasteiger partial charge is 0.389 e. The van der Waals surface area contributed by atoms with Crippen LogP contribution in [0.1, 0.15) is 58.3 Å². The van der Waals surface area contributed by atoms with Crippen molar-refractivity contribution >= 4 is 0 Å². The summed E-state index contributed by atoms with van der Waals surface area (Å²) < 4.78 is 35.5. The number of halogens is 3. The minimum absolute atomic E-state index is 0.294. The van der Waals surface area contributed by atoms with Gasteiger partial charge in [0.2, 0.25) is 0 Å². The van der Waals surface area contributed by atoms with Crippen LogP contribution in [0.15, 0.2) is 0 Å². The van der Waals surface area contributed by atoms with E-state index in [0.29, 0.717) is 12.8 Å². The van der Waals surface area contributed by atoms with Crippen molar-refractivity contribution in [2.45, 2.75) is 64.5 Å². The second-order valence-electron chi connectivity index (χ2n) is 4.74. The Hall–Kier alpha value is -0.250. The summed E-state index contributed by atoms with van der Waals surface area (Å²) in [5.41, 5.74) is 0. The lowest BCUT2D eigenvalue weighted by Gasteiger charge is -2.12. The van der Waals surface area contributed by atoms with Crippen LogP contribution >= 0.6 is 0 Å². The van der Waals surface area contributed by atoms with Gasteiger partial charge in [0.25, 0.3) is 0 Å². The molecule has 0 unspecified atom stereocenters. The molecule has 0 aliphatic carbocycles. The van der Waals surface area contributed by atoms with Gasteiger partial charge in [-0.15, -0.1) is 0 Å². The topological polar surface area (TPSA) is 3.24 Å². The van der Waals surface area contributed by atoms with Crippen molar-refractivity contribution in [2.75, 3.05) is 20.1 Å². The molecule has 0 heterocycles. The second-order valence-corrected chi connectivity index (χ2v) is 4.74. The van der Waals surface area contributed by atoms with E-state index in [0.717, 1.165) is 32.4 Å². The molecule has 104 valence electrons. The highest BCUT2D eigenvalue weighted by atomic mass is 19.4. The monoisotopic (exact) mass is 253 g/mol. The molecule has 0 spiro atoms. The molecule has 0 aromatic rings. The van der Waals surface area contributed by atoms with Gasteiger partial charge in [-0.2, -0.15) is 13.2 Å². The summed E-state index contributed by atoms with van der Waals surface area (Å²) in [6.45, 7) is 4.35. The van der Waals surface area contributed by atoms with Gasteiger partial charge < -0.3 is 4.90 Å². The van der Waals surface area contributed by atoms with Crippen LogP contribution in [0.25, 0.3) is 0 Å². The van der Waals surface area contributed by atoms with Gasteiger partial charge in [-0.1, -0.05) is 39.0 Å². The number of rotatable bonds is 10. The van der Waals surface area contributed by atoms with E-state index < -0.39 is 12.6 Å². The molecule has 0 aliphatic heterocycles. The number of alkyl halides is 3. The number of hydrogen-bond donors (Lipinski definition) is 0. The molecule has 0 fully saturated rings. The maximum absolute atomic E-state index is 11.8. The zero-order chi connectivity index (χ0) is 13.1. The maximum Gasteiger partial charge on any atom is 0.389 e. The first-order valence-electron chi connectivity index (χ1n) is 6.71. The highest BCUT2D eigenvalue weighted by Gasteiger charge is 2.25. The van der Waals surface area contributed by atoms with Crippen LogP contribution in [0.4, 0.5) is 13.2 Å². The highest BCUT2D eigenvalue weighted by Crippen LogP contribution is 2.23. The number of nitrogens with zero attached hydrogens (tertiary/aromatic N) is 1. The van der Waals surface area contributed by atoms with E-state index in [-0.39, 0.29) is 0 Å². The van der Waals surface area contributed by atoms with Gasteiger partial charge in [-0.3, -0.25) is 0 Å². The first-order valence-corrected chi connectivity index (χ1v) is 6.71. The quantitative estimate of drug-likeness (QED) is 0.513. The average molecular weight is 253 g/mol. The first-order chi connectivity index (χ1) is 7.95. The van der Waals surface area contributed by atoms with Crippen molar-refractivity contribution in [1.29, 1.82) is 0 Å². The third-order valence-electron chi connectivity index (χ3n) is 3.04. The highest BCUT2D eigenvalue weighted by molar-refractivity contribution is 4.53. The maximum atomic E-state index is 11.8. The molecule has 0 N–H and O–H groups in total. The summed E-state index contributed by atoms with van der Waals surface area (Å²) in [6, 6.07) is 0. The molecule has 0 radical (unpaired) electrons. The van der Waals surface area contributed by atoms with Crippen molar-refractivity contribution < 1.29 is 13.2 Å². The molecule has 0 aromatic heterocycles. The number of hydrogen-bond acceptors (Lipinski definition) is 1. The molecule has 0 bridgehead atoms. The Kier molecular flexibility index (Phi) is 9.60. The van der Waals surface area contributed by atoms with Gasteiger partial charge in [0, 0.05) is 6.42 Å². The Bertz CT molecular complexity index is 169. The summed E-state index contributed by atoms with van der Waals surface area (Å²) in [7, 11) is 2.11. The third-order valence-corrected chi connectivity index (χ3v) is 3.04. The Balaban J connectivity index is 3.09. The molecule has 0 saturated carbocycles. The number of unbranched alkanes of at least 4 members (excludes halogenated alkanes) is 6. The second kappa shape index (κ2) is 9.75. The van der Waals surface area contributed by atoms with Crippen LogP contribution in [0.3, 0.4) is 0 Å². The molecule has 1 nitrogen and oxygen atoms in total. The Morgan fingerprint density at radius 2 is 1.29 bits per heavy atom. The molecular formula is C13H26F3N. The van der Waals surface area contributed by atoms with Crippen LogP contribution in [-0.4, -0.2) is 31.2 Å². The van der Waals surface area contributed by atoms with Gasteiger partial charge in [0.05, 0.1) is 0 Å². The molecule has 0 rings (SSSR count). The van der Waals surface area contributed by atoms with E-state index in [4.69, 9.17) is 0 Å². The SMILES string of the molecule is CCN(C)CCCCCCCCCC(F)(F)F. The van der Waals surface area contributed by atoms with Crippen molar-refractivity contribution in [3.05, 3.63) is 0 Å². The molecule has 0 saturated heterocycles. The van der Waals surface area contributed by atoms with Gasteiger partial charge in [0.15, 0.2) is 0 Å². The summed E-state index contributed by atoms with van der Waals surface area (Å²) in [4.78, 5) is 2.28. The lowest BCUT2D eigenvalue weighted by atomic mass is 10.1. The lowest BCUT2D eigenvalue weighted by Crippen LogP contribution is -2.18. The third kappa shape index (κ3) is 13.7. The van der Waals surface area contributed by atoms with E-state index in [1.807, 2.05) is 0 Å². The minimum Gasteiger partial charge on any atom is -0.307 e. The molecule has 0 aliphatic rings. The molecule has 4 heteroatoms. The lowest BCUT2D eigenvalue weighted by molar-refractivity contribution is -0.135. The molecule has 0 aromatic carbocycles. The fourth-order valence-corrected chi connectivity index (χ4v) is 1.75. The van der Waals surface area contributed by atoms with Crippen molar-refractivity contribution in [3.8, 4) is 0 Å². The molecular weight excluding hydrogens is 227 g/mol. The van der Waals surface area contributed by atoms with Crippen LogP contribution in [-0.2, 0) is 0 Å². The Morgan fingerprint density at radius 3 is 1.76 bits per heavy atom. The Labute approximate surface area is 103 Å². The summed E-state index contributed by atoms with van der Waals surface area (Å²) in [5, 5.41) is 0. The summed E-state index contributed by atoms with van der Waals surface area (Å²) in [5.74, 6) is 0. The normalized spacial score (nSPS) is 12.4. The zero-order valence-electron chi connectivity index (χ0n) is 11.2. The van der Waals surface area contributed by atoms with Crippen molar-refractivity contribution in [2.24, 2.45) is 0 Å². The first kappa shape index (κ1) is 16.8. The zero-order valence-corrected chi connectivity index (χ0v) is 11.2. The van der Waals surface area contributed by atoms with Crippen LogP contribution < -0.4 is 0 Å². The fourth-order valence-electron chi connectivity index (χ4n) is 1.75. The van der Waals surface area contributed by atoms with E-state index in [1.54, 1.807) is 0 Å². The van der Waals surface area contributed by atoms with Gasteiger partial charge in [-0.05, 0) is 33.0 Å². The Morgan fingerprint density at radius 1 is 0.824 bits per heavy atom. The van der Waals surface area contributed by atoms with E-state index in [2.05, 4.69) is 18.9 Å². The average Bonchev–Trinajstić information content (AvgIpc) is 2.25. The minimum atomic E-state index is -3.97. The van der Waals surface area contributed by atoms with E-state index in [9.17, 15) is 13.2 Å². The molecule has 0 amide bonds. The van der Waals surface area contributed by atoms with E-state index >= 15 is 0 Å². The van der Waals surface area contributed by atoms with Crippen molar-refractivity contribution in [3.63, 3.8) is 0 Å². The van der Waals surface area contributed by atoms with Gasteiger partial charge in [0.1, 0.15) is 0 Å². The summed E-state index contributed by atoms with van der Waals surface area (Å²) in [6.07, 6.45) is 2.00. The standard InChI is InChI=1S/C13H26F3N/c1-3-17(2)12-10-8-6-4-5-7-9-11-13(14,15)16/h3-12H2,1-2H3. The van der Waals surface area contributed by atoms with E-state index in [1.165, 1.54) is 12.8 Å². The fraction of sp³-hybridized carbons (Fsp3) is 1.00. The van der Waals surface area contributed by atoms with Gasteiger partial charge >= 0.3 is 6.18 Å². The summed E-state index contributed by atoms with van der Waals surface area (Å²) >= 11 is 0. The predicted octanol–water partition coefficient (Wildman–Crippen LogP) is 4.62. The van der Waals surface area contributed by atoms with Crippen molar-refractivity contribution in [1.82, 2.24) is 4.90 Å². The smallest absolute Gasteiger partial charge is 0.307 e. The molecule has 0 atom stereocenters. The van der Waals surface area contributed by atoms with Crippen LogP contribution in [0, 0.1) is 0 Å². The van der Waals surface area contributed by atoms with Gasteiger partial charge in [-0.25, -0.2) is 0 Å². The van der Waals surface area contributed by atoms with Crippen LogP contribution in [0.2, 0.25) is 0 Å². The molecule has 17 heavy (non-hydrogen) atoms. The van der Waals surface area contributed by atoms with Crippen LogP contribution in [0.5, 0.6) is 0 Å².